The van der Waals surface area contributed by atoms with Gasteiger partial charge in [-0.25, -0.2) is 0 Å². The third-order valence-electron chi connectivity index (χ3n) is 2.32. The zero-order valence-electron chi connectivity index (χ0n) is 11.2. The topological polar surface area (TPSA) is 56.1 Å². The maximum absolute atomic E-state index is 11.7. The first kappa shape index (κ1) is 14.9. The summed E-state index contributed by atoms with van der Waals surface area (Å²) < 4.78 is 0. The Hall–Kier alpha value is -1.08. The van der Waals surface area contributed by atoms with Gasteiger partial charge in [-0.2, -0.15) is 5.26 Å². The van der Waals surface area contributed by atoms with Crippen molar-refractivity contribution in [2.75, 3.05) is 27.2 Å². The fourth-order valence-corrected chi connectivity index (χ4v) is 1.50. The lowest BCUT2D eigenvalue weighted by atomic mass is 9.90. The SMILES string of the molecule is CN(C)CC(C)(C)CNC(=O)C(C)(C)C#N. The van der Waals surface area contributed by atoms with Crippen LogP contribution in [0.15, 0.2) is 0 Å². The number of carbonyl (C=O) groups is 1. The van der Waals surface area contributed by atoms with Crippen LogP contribution in [0.3, 0.4) is 0 Å². The summed E-state index contributed by atoms with van der Waals surface area (Å²) in [6.07, 6.45) is 0. The fourth-order valence-electron chi connectivity index (χ4n) is 1.50. The van der Waals surface area contributed by atoms with E-state index in [2.05, 4.69) is 24.1 Å². The number of rotatable bonds is 5. The van der Waals surface area contributed by atoms with E-state index in [1.165, 1.54) is 0 Å². The lowest BCUT2D eigenvalue weighted by Gasteiger charge is -2.29. The van der Waals surface area contributed by atoms with Gasteiger partial charge in [-0.3, -0.25) is 4.79 Å². The third-order valence-corrected chi connectivity index (χ3v) is 2.32. The lowest BCUT2D eigenvalue weighted by Crippen LogP contribution is -2.44. The Morgan fingerprint density at radius 1 is 1.31 bits per heavy atom. The highest BCUT2D eigenvalue weighted by Gasteiger charge is 2.29. The summed E-state index contributed by atoms with van der Waals surface area (Å²) in [6.45, 7) is 8.90. The molecule has 0 aromatic carbocycles. The molecule has 0 aliphatic rings. The van der Waals surface area contributed by atoms with Gasteiger partial charge in [0.15, 0.2) is 0 Å². The van der Waals surface area contributed by atoms with E-state index in [-0.39, 0.29) is 11.3 Å². The third kappa shape index (κ3) is 5.13. The molecule has 0 radical (unpaired) electrons. The second kappa shape index (κ2) is 5.31. The van der Waals surface area contributed by atoms with E-state index in [9.17, 15) is 4.79 Å². The van der Waals surface area contributed by atoms with Crippen molar-refractivity contribution < 1.29 is 4.79 Å². The summed E-state index contributed by atoms with van der Waals surface area (Å²) in [5.74, 6) is -0.207. The summed E-state index contributed by atoms with van der Waals surface area (Å²) >= 11 is 0. The molecule has 0 atom stereocenters. The van der Waals surface area contributed by atoms with Crippen molar-refractivity contribution in [3.8, 4) is 6.07 Å². The minimum absolute atomic E-state index is 0.00466. The number of carbonyl (C=O) groups excluding carboxylic acids is 1. The van der Waals surface area contributed by atoms with E-state index >= 15 is 0 Å². The summed E-state index contributed by atoms with van der Waals surface area (Å²) in [5.41, 5.74) is -0.946. The molecule has 4 nitrogen and oxygen atoms in total. The summed E-state index contributed by atoms with van der Waals surface area (Å²) in [4.78, 5) is 13.8. The number of nitrogens with zero attached hydrogens (tertiary/aromatic N) is 2. The van der Waals surface area contributed by atoms with Crippen LogP contribution in [0, 0.1) is 22.2 Å². The highest BCUT2D eigenvalue weighted by Crippen LogP contribution is 2.17. The number of hydrogen-bond acceptors (Lipinski definition) is 3. The van der Waals surface area contributed by atoms with E-state index in [1.54, 1.807) is 13.8 Å². The van der Waals surface area contributed by atoms with Gasteiger partial charge in [0.05, 0.1) is 6.07 Å². The maximum Gasteiger partial charge on any atom is 0.239 e. The molecule has 0 aromatic heterocycles. The van der Waals surface area contributed by atoms with Crippen LogP contribution in [0.5, 0.6) is 0 Å². The van der Waals surface area contributed by atoms with Gasteiger partial charge in [-0.15, -0.1) is 0 Å². The standard InChI is InChI=1S/C12H23N3O/c1-11(2,9-15(5)6)8-14-10(16)12(3,4)7-13/h8-9H2,1-6H3,(H,14,16). The Morgan fingerprint density at radius 3 is 2.19 bits per heavy atom. The van der Waals surface area contributed by atoms with Crippen LogP contribution in [-0.4, -0.2) is 38.0 Å². The van der Waals surface area contributed by atoms with Crippen LogP contribution < -0.4 is 5.32 Å². The molecule has 0 saturated heterocycles. The van der Waals surface area contributed by atoms with E-state index in [1.807, 2.05) is 20.2 Å². The molecule has 0 aliphatic heterocycles. The largest absolute Gasteiger partial charge is 0.354 e. The van der Waals surface area contributed by atoms with Crippen LogP contribution in [0.1, 0.15) is 27.7 Å². The van der Waals surface area contributed by atoms with Gasteiger partial charge in [-0.1, -0.05) is 13.8 Å². The van der Waals surface area contributed by atoms with Gasteiger partial charge in [0.1, 0.15) is 5.41 Å². The Balaban J connectivity index is 4.26. The van der Waals surface area contributed by atoms with Crippen LogP contribution in [0.4, 0.5) is 0 Å². The molecule has 0 bridgehead atoms. The molecule has 0 unspecified atom stereocenters. The molecule has 0 fully saturated rings. The molecule has 0 aliphatic carbocycles. The normalized spacial score (nSPS) is 12.4. The van der Waals surface area contributed by atoms with E-state index in [0.29, 0.717) is 6.54 Å². The molecule has 92 valence electrons. The average molecular weight is 225 g/mol. The monoisotopic (exact) mass is 225 g/mol. The highest BCUT2D eigenvalue weighted by atomic mass is 16.2. The number of amides is 1. The quantitative estimate of drug-likeness (QED) is 0.766. The molecule has 16 heavy (non-hydrogen) atoms. The van der Waals surface area contributed by atoms with Crippen LogP contribution in [0.25, 0.3) is 0 Å². The van der Waals surface area contributed by atoms with Gasteiger partial charge < -0.3 is 10.2 Å². The number of hydrogen-bond donors (Lipinski definition) is 1. The van der Waals surface area contributed by atoms with E-state index in [4.69, 9.17) is 5.26 Å². The fraction of sp³-hybridized carbons (Fsp3) is 0.833. The second-order valence-electron chi connectivity index (χ2n) is 5.82. The minimum atomic E-state index is -0.950. The van der Waals surface area contributed by atoms with Crippen molar-refractivity contribution in [3.05, 3.63) is 0 Å². The van der Waals surface area contributed by atoms with E-state index in [0.717, 1.165) is 6.54 Å². The molecule has 1 amide bonds. The van der Waals surface area contributed by atoms with Crippen LogP contribution in [-0.2, 0) is 4.79 Å². The molecule has 4 heteroatoms. The van der Waals surface area contributed by atoms with Crippen molar-refractivity contribution in [1.29, 1.82) is 5.26 Å². The molecule has 0 spiro atoms. The van der Waals surface area contributed by atoms with Crippen molar-refractivity contribution in [3.63, 3.8) is 0 Å². The van der Waals surface area contributed by atoms with Crippen molar-refractivity contribution in [2.24, 2.45) is 10.8 Å². The zero-order chi connectivity index (χ0) is 13.0. The van der Waals surface area contributed by atoms with Gasteiger partial charge in [-0.05, 0) is 33.4 Å². The summed E-state index contributed by atoms with van der Waals surface area (Å²) in [7, 11) is 4.01. The Kier molecular flexibility index (Phi) is 4.95. The van der Waals surface area contributed by atoms with Gasteiger partial charge in [0, 0.05) is 13.1 Å². The maximum atomic E-state index is 11.7. The Morgan fingerprint density at radius 2 is 1.81 bits per heavy atom. The zero-order valence-corrected chi connectivity index (χ0v) is 11.2. The molecule has 0 heterocycles. The molecular weight excluding hydrogens is 202 g/mol. The van der Waals surface area contributed by atoms with Crippen molar-refractivity contribution in [2.45, 2.75) is 27.7 Å². The van der Waals surface area contributed by atoms with E-state index < -0.39 is 5.41 Å². The van der Waals surface area contributed by atoms with Crippen LogP contribution >= 0.6 is 0 Å². The summed E-state index contributed by atoms with van der Waals surface area (Å²) in [6, 6.07) is 2.00. The summed E-state index contributed by atoms with van der Waals surface area (Å²) in [5, 5.41) is 11.7. The Labute approximate surface area is 98.6 Å². The lowest BCUT2D eigenvalue weighted by molar-refractivity contribution is -0.127. The number of nitriles is 1. The predicted molar refractivity (Wildman–Crippen MR) is 64.7 cm³/mol. The Bertz CT molecular complexity index is 287. The smallest absolute Gasteiger partial charge is 0.239 e. The first-order valence-electron chi connectivity index (χ1n) is 5.45. The van der Waals surface area contributed by atoms with Gasteiger partial charge in [0.25, 0.3) is 0 Å². The molecule has 1 N–H and O–H groups in total. The van der Waals surface area contributed by atoms with Gasteiger partial charge >= 0.3 is 0 Å². The first-order valence-corrected chi connectivity index (χ1v) is 5.45. The highest BCUT2D eigenvalue weighted by molar-refractivity contribution is 5.84. The minimum Gasteiger partial charge on any atom is -0.354 e. The molecule has 0 saturated carbocycles. The molecule has 0 aromatic rings. The predicted octanol–water partition coefficient (Wildman–Crippen LogP) is 1.24. The van der Waals surface area contributed by atoms with Crippen LogP contribution in [0.2, 0.25) is 0 Å². The molecule has 0 rings (SSSR count). The van der Waals surface area contributed by atoms with Crippen molar-refractivity contribution in [1.82, 2.24) is 10.2 Å². The number of nitrogens with one attached hydrogen (secondary N) is 1. The van der Waals surface area contributed by atoms with Crippen molar-refractivity contribution >= 4 is 5.91 Å². The second-order valence-corrected chi connectivity index (χ2v) is 5.82. The average Bonchev–Trinajstić information content (AvgIpc) is 2.12. The molecular formula is C12H23N3O. The van der Waals surface area contributed by atoms with Gasteiger partial charge in [0.2, 0.25) is 5.91 Å². The first-order chi connectivity index (χ1) is 7.10.